The highest BCUT2D eigenvalue weighted by Gasteiger charge is 2.10. The van der Waals surface area contributed by atoms with Crippen LogP contribution in [0.15, 0.2) is 12.7 Å². The van der Waals surface area contributed by atoms with Gasteiger partial charge in [-0.05, 0) is 6.42 Å². The molecule has 0 spiro atoms. The molecule has 0 N–H and O–H groups in total. The van der Waals surface area contributed by atoms with Crippen molar-refractivity contribution in [2.75, 3.05) is 7.11 Å². The highest BCUT2D eigenvalue weighted by Crippen LogP contribution is 2.10. The third-order valence-electron chi connectivity index (χ3n) is 2.22. The summed E-state index contributed by atoms with van der Waals surface area (Å²) < 4.78 is 10.0. The monoisotopic (exact) mass is 214 g/mol. The zero-order chi connectivity index (χ0) is 11.5. The Bertz CT molecular complexity index is 178. The Morgan fingerprint density at radius 3 is 2.53 bits per heavy atom. The van der Waals surface area contributed by atoms with Crippen LogP contribution < -0.4 is 0 Å². The summed E-state index contributed by atoms with van der Waals surface area (Å²) in [5.41, 5.74) is 0. The molecule has 0 radical (unpaired) electrons. The normalized spacial score (nSPS) is 12.1. The first-order valence-corrected chi connectivity index (χ1v) is 5.60. The summed E-state index contributed by atoms with van der Waals surface area (Å²) in [6.07, 6.45) is 7.44. The molecular formula is C12H22O3. The van der Waals surface area contributed by atoms with E-state index in [9.17, 15) is 4.79 Å². The number of methoxy groups -OCH3 is 1. The average molecular weight is 214 g/mol. The van der Waals surface area contributed by atoms with Crippen molar-refractivity contribution in [1.29, 1.82) is 0 Å². The standard InChI is InChI=1S/C12H22O3/c1-4-6-7-8-9-10-12(14-3)15-11(13)5-2/h5,12H,2,4,6-10H2,1,3H3. The zero-order valence-electron chi connectivity index (χ0n) is 9.83. The first-order chi connectivity index (χ1) is 7.24. The topological polar surface area (TPSA) is 35.5 Å². The molecule has 3 heteroatoms. The number of carbonyl (C=O) groups excluding carboxylic acids is 1. The van der Waals surface area contributed by atoms with E-state index in [2.05, 4.69) is 13.5 Å². The van der Waals surface area contributed by atoms with Crippen molar-refractivity contribution in [3.05, 3.63) is 12.7 Å². The van der Waals surface area contributed by atoms with E-state index in [0.29, 0.717) is 0 Å². The Kier molecular flexibility index (Phi) is 9.18. The number of rotatable bonds is 9. The highest BCUT2D eigenvalue weighted by molar-refractivity contribution is 5.81. The van der Waals surface area contributed by atoms with E-state index in [-0.39, 0.29) is 0 Å². The predicted octanol–water partition coefficient (Wildman–Crippen LogP) is 3.05. The summed E-state index contributed by atoms with van der Waals surface area (Å²) in [6.45, 7) is 5.52. The summed E-state index contributed by atoms with van der Waals surface area (Å²) in [7, 11) is 1.55. The van der Waals surface area contributed by atoms with Gasteiger partial charge < -0.3 is 9.47 Å². The lowest BCUT2D eigenvalue weighted by atomic mass is 10.1. The molecule has 3 nitrogen and oxygen atoms in total. The van der Waals surface area contributed by atoms with Crippen LogP contribution in [-0.2, 0) is 14.3 Å². The molecule has 1 atom stereocenters. The summed E-state index contributed by atoms with van der Waals surface area (Å²) >= 11 is 0. The largest absolute Gasteiger partial charge is 0.433 e. The number of unbranched alkanes of at least 4 members (excludes halogenated alkanes) is 4. The maximum atomic E-state index is 10.9. The van der Waals surface area contributed by atoms with E-state index < -0.39 is 12.3 Å². The molecule has 1 unspecified atom stereocenters. The van der Waals surface area contributed by atoms with Crippen molar-refractivity contribution in [2.24, 2.45) is 0 Å². The molecule has 0 rings (SSSR count). The quantitative estimate of drug-likeness (QED) is 0.256. The second-order valence-electron chi connectivity index (χ2n) is 3.51. The minimum Gasteiger partial charge on any atom is -0.433 e. The number of esters is 1. The van der Waals surface area contributed by atoms with Crippen LogP contribution in [0.4, 0.5) is 0 Å². The van der Waals surface area contributed by atoms with Crippen LogP contribution in [0, 0.1) is 0 Å². The van der Waals surface area contributed by atoms with Crippen molar-refractivity contribution in [1.82, 2.24) is 0 Å². The van der Waals surface area contributed by atoms with Crippen LogP contribution in [0.1, 0.15) is 45.4 Å². The van der Waals surface area contributed by atoms with Gasteiger partial charge in [-0.2, -0.15) is 0 Å². The minimum absolute atomic E-state index is 0.419. The van der Waals surface area contributed by atoms with Gasteiger partial charge in [-0.15, -0.1) is 0 Å². The second kappa shape index (κ2) is 9.71. The molecule has 0 aliphatic rings. The van der Waals surface area contributed by atoms with E-state index in [1.54, 1.807) is 7.11 Å². The first-order valence-electron chi connectivity index (χ1n) is 5.60. The lowest BCUT2D eigenvalue weighted by molar-refractivity contribution is -0.168. The van der Waals surface area contributed by atoms with Crippen LogP contribution in [0.25, 0.3) is 0 Å². The molecular weight excluding hydrogens is 192 g/mol. The Morgan fingerprint density at radius 1 is 1.33 bits per heavy atom. The lowest BCUT2D eigenvalue weighted by Crippen LogP contribution is -2.18. The molecule has 0 bridgehead atoms. The van der Waals surface area contributed by atoms with Crippen LogP contribution in [0.2, 0.25) is 0 Å². The molecule has 88 valence electrons. The van der Waals surface area contributed by atoms with E-state index in [0.717, 1.165) is 18.9 Å². The summed E-state index contributed by atoms with van der Waals surface area (Å²) in [4.78, 5) is 10.9. The third-order valence-corrected chi connectivity index (χ3v) is 2.22. The van der Waals surface area contributed by atoms with Crippen LogP contribution in [0.3, 0.4) is 0 Å². The van der Waals surface area contributed by atoms with Gasteiger partial charge in [0.05, 0.1) is 0 Å². The molecule has 0 amide bonds. The molecule has 0 heterocycles. The van der Waals surface area contributed by atoms with Gasteiger partial charge in [0, 0.05) is 19.6 Å². The van der Waals surface area contributed by atoms with Crippen molar-refractivity contribution in [3.8, 4) is 0 Å². The van der Waals surface area contributed by atoms with Gasteiger partial charge in [-0.3, -0.25) is 0 Å². The Balaban J connectivity index is 3.52. The maximum Gasteiger partial charge on any atom is 0.332 e. The van der Waals surface area contributed by atoms with E-state index in [4.69, 9.17) is 9.47 Å². The predicted molar refractivity (Wildman–Crippen MR) is 60.5 cm³/mol. The highest BCUT2D eigenvalue weighted by atomic mass is 16.7. The summed E-state index contributed by atoms with van der Waals surface area (Å²) in [5, 5.41) is 0. The van der Waals surface area contributed by atoms with Gasteiger partial charge in [0.25, 0.3) is 0 Å². The van der Waals surface area contributed by atoms with Crippen molar-refractivity contribution in [2.45, 2.75) is 51.7 Å². The van der Waals surface area contributed by atoms with Gasteiger partial charge in [0.15, 0.2) is 0 Å². The number of carbonyl (C=O) groups is 1. The Labute approximate surface area is 92.5 Å². The fourth-order valence-corrected chi connectivity index (χ4v) is 1.32. The zero-order valence-corrected chi connectivity index (χ0v) is 9.83. The van der Waals surface area contributed by atoms with Gasteiger partial charge >= 0.3 is 5.97 Å². The van der Waals surface area contributed by atoms with Crippen LogP contribution >= 0.6 is 0 Å². The van der Waals surface area contributed by atoms with Crippen LogP contribution in [-0.4, -0.2) is 19.4 Å². The average Bonchev–Trinajstić information content (AvgIpc) is 2.26. The summed E-state index contributed by atoms with van der Waals surface area (Å²) in [6, 6.07) is 0. The SMILES string of the molecule is C=CC(=O)OC(CCCCCCC)OC. The molecule has 0 fully saturated rings. The van der Waals surface area contributed by atoms with Gasteiger partial charge in [-0.25, -0.2) is 4.79 Å². The molecule has 0 aliphatic carbocycles. The van der Waals surface area contributed by atoms with Gasteiger partial charge in [-0.1, -0.05) is 39.2 Å². The van der Waals surface area contributed by atoms with Gasteiger partial charge in [0.2, 0.25) is 6.29 Å². The Morgan fingerprint density at radius 2 is 2.00 bits per heavy atom. The first kappa shape index (κ1) is 14.2. The van der Waals surface area contributed by atoms with Crippen LogP contribution in [0.5, 0.6) is 0 Å². The molecule has 0 aromatic rings. The second-order valence-corrected chi connectivity index (χ2v) is 3.51. The molecule has 15 heavy (non-hydrogen) atoms. The molecule has 0 aromatic heterocycles. The van der Waals surface area contributed by atoms with E-state index >= 15 is 0 Å². The van der Waals surface area contributed by atoms with Gasteiger partial charge in [0.1, 0.15) is 0 Å². The smallest absolute Gasteiger partial charge is 0.332 e. The molecule has 0 aromatic carbocycles. The lowest BCUT2D eigenvalue weighted by Gasteiger charge is -2.14. The number of ether oxygens (including phenoxy) is 2. The van der Waals surface area contributed by atoms with Crippen molar-refractivity contribution < 1.29 is 14.3 Å². The fourth-order valence-electron chi connectivity index (χ4n) is 1.32. The summed E-state index contributed by atoms with van der Waals surface area (Å²) in [5.74, 6) is -0.421. The third kappa shape index (κ3) is 8.18. The maximum absolute atomic E-state index is 10.9. The number of hydrogen-bond acceptors (Lipinski definition) is 3. The number of hydrogen-bond donors (Lipinski definition) is 0. The Hall–Kier alpha value is -0.830. The van der Waals surface area contributed by atoms with Crippen molar-refractivity contribution in [3.63, 3.8) is 0 Å². The van der Waals surface area contributed by atoms with Crippen molar-refractivity contribution >= 4 is 5.97 Å². The van der Waals surface area contributed by atoms with E-state index in [1.807, 2.05) is 0 Å². The minimum atomic E-state index is -0.421. The van der Waals surface area contributed by atoms with E-state index in [1.165, 1.54) is 25.7 Å². The molecule has 0 saturated heterocycles. The molecule has 0 saturated carbocycles. The fraction of sp³-hybridized carbons (Fsp3) is 0.750. The molecule has 0 aliphatic heterocycles.